The Bertz CT molecular complexity index is 293. The van der Waals surface area contributed by atoms with Gasteiger partial charge in [0.25, 0.3) is 0 Å². The zero-order chi connectivity index (χ0) is 13.7. The van der Waals surface area contributed by atoms with Gasteiger partial charge in [-0.3, -0.25) is 9.69 Å². The first-order valence-electron chi connectivity index (χ1n) is 7.68. The van der Waals surface area contributed by atoms with Crippen LogP contribution in [0.25, 0.3) is 0 Å². The fourth-order valence-electron chi connectivity index (χ4n) is 2.90. The maximum Gasteiger partial charge on any atom is 0.236 e. The average molecular weight is 268 g/mol. The maximum absolute atomic E-state index is 12.3. The topological polar surface area (TPSA) is 52.8 Å². The average Bonchev–Trinajstić information content (AvgIpc) is 3.20. The van der Waals surface area contributed by atoms with Crippen LogP contribution in [-0.2, 0) is 4.79 Å². The molecular formula is C14H28N4O. The summed E-state index contributed by atoms with van der Waals surface area (Å²) in [5.41, 5.74) is 5.61. The molecule has 1 saturated heterocycles. The Morgan fingerprint density at radius 1 is 1.21 bits per heavy atom. The smallest absolute Gasteiger partial charge is 0.236 e. The summed E-state index contributed by atoms with van der Waals surface area (Å²) in [5.74, 6) is 0.317. The van der Waals surface area contributed by atoms with Crippen molar-refractivity contribution in [3.05, 3.63) is 0 Å². The van der Waals surface area contributed by atoms with E-state index in [9.17, 15) is 4.79 Å². The quantitative estimate of drug-likeness (QED) is 0.735. The number of nitrogens with zero attached hydrogens (tertiary/aromatic N) is 3. The molecular weight excluding hydrogens is 240 g/mol. The number of carbonyl (C=O) groups is 1. The highest BCUT2D eigenvalue weighted by Gasteiger charge is 2.31. The van der Waals surface area contributed by atoms with Crippen molar-refractivity contribution in [1.29, 1.82) is 0 Å². The first-order chi connectivity index (χ1) is 9.24. The Balaban J connectivity index is 1.77. The molecule has 1 aliphatic carbocycles. The van der Waals surface area contributed by atoms with Crippen LogP contribution < -0.4 is 5.73 Å². The van der Waals surface area contributed by atoms with Crippen molar-refractivity contribution in [2.45, 2.75) is 32.2 Å². The van der Waals surface area contributed by atoms with Gasteiger partial charge >= 0.3 is 0 Å². The largest absolute Gasteiger partial charge is 0.339 e. The first kappa shape index (κ1) is 14.8. The summed E-state index contributed by atoms with van der Waals surface area (Å²) < 4.78 is 0. The van der Waals surface area contributed by atoms with E-state index in [1.54, 1.807) is 0 Å². The molecule has 0 aromatic rings. The Hall–Kier alpha value is -0.650. The van der Waals surface area contributed by atoms with Crippen LogP contribution in [0.2, 0.25) is 0 Å². The van der Waals surface area contributed by atoms with Crippen LogP contribution in [0.4, 0.5) is 0 Å². The lowest BCUT2D eigenvalue weighted by molar-refractivity contribution is -0.132. The minimum absolute atomic E-state index is 0.317. The van der Waals surface area contributed by atoms with Gasteiger partial charge in [0.15, 0.2) is 0 Å². The summed E-state index contributed by atoms with van der Waals surface area (Å²) in [5, 5.41) is 0. The lowest BCUT2D eigenvalue weighted by Crippen LogP contribution is -2.42. The van der Waals surface area contributed by atoms with Crippen LogP contribution >= 0.6 is 0 Å². The molecule has 1 aliphatic heterocycles. The zero-order valence-corrected chi connectivity index (χ0v) is 12.2. The molecule has 0 spiro atoms. The molecule has 0 bridgehead atoms. The third-order valence-corrected chi connectivity index (χ3v) is 4.13. The van der Waals surface area contributed by atoms with E-state index >= 15 is 0 Å². The normalized spacial score (nSPS) is 22.2. The van der Waals surface area contributed by atoms with Gasteiger partial charge in [0.05, 0.1) is 6.54 Å². The number of hydrogen-bond acceptors (Lipinski definition) is 4. The predicted molar refractivity (Wildman–Crippen MR) is 77.0 cm³/mol. The summed E-state index contributed by atoms with van der Waals surface area (Å²) in [6.07, 6.45) is 3.54. The molecule has 2 rings (SSSR count). The van der Waals surface area contributed by atoms with E-state index in [-0.39, 0.29) is 0 Å². The zero-order valence-electron chi connectivity index (χ0n) is 12.2. The second kappa shape index (κ2) is 7.22. The number of nitrogens with two attached hydrogens (primary N) is 1. The molecule has 1 heterocycles. The van der Waals surface area contributed by atoms with Gasteiger partial charge in [-0.05, 0) is 39.3 Å². The molecule has 110 valence electrons. The van der Waals surface area contributed by atoms with E-state index in [1.807, 2.05) is 0 Å². The molecule has 0 radical (unpaired) electrons. The Labute approximate surface area is 116 Å². The summed E-state index contributed by atoms with van der Waals surface area (Å²) in [7, 11) is 0. The second-order valence-electron chi connectivity index (χ2n) is 5.67. The monoisotopic (exact) mass is 268 g/mol. The van der Waals surface area contributed by atoms with E-state index in [2.05, 4.69) is 21.6 Å². The van der Waals surface area contributed by atoms with Gasteiger partial charge in [0.1, 0.15) is 0 Å². The van der Waals surface area contributed by atoms with Crippen molar-refractivity contribution in [2.75, 3.05) is 52.4 Å². The van der Waals surface area contributed by atoms with E-state index in [1.165, 1.54) is 12.8 Å². The van der Waals surface area contributed by atoms with Gasteiger partial charge in [0, 0.05) is 38.8 Å². The van der Waals surface area contributed by atoms with Crippen LogP contribution in [0, 0.1) is 0 Å². The first-order valence-corrected chi connectivity index (χ1v) is 7.68. The maximum atomic E-state index is 12.3. The third kappa shape index (κ3) is 4.44. The van der Waals surface area contributed by atoms with Crippen molar-refractivity contribution in [3.8, 4) is 0 Å². The number of hydrogen-bond donors (Lipinski definition) is 1. The van der Waals surface area contributed by atoms with Gasteiger partial charge in [-0.15, -0.1) is 0 Å². The third-order valence-electron chi connectivity index (χ3n) is 4.13. The van der Waals surface area contributed by atoms with Crippen LogP contribution in [0.1, 0.15) is 26.2 Å². The van der Waals surface area contributed by atoms with Crippen LogP contribution in [0.5, 0.6) is 0 Å². The van der Waals surface area contributed by atoms with Crippen molar-refractivity contribution in [2.24, 2.45) is 5.73 Å². The molecule has 0 atom stereocenters. The number of amides is 1. The van der Waals surface area contributed by atoms with Gasteiger partial charge in [0.2, 0.25) is 5.91 Å². The standard InChI is InChI=1S/C14H28N4O/c1-2-18(13-4-5-13)14(19)12-17-8-3-7-16(9-6-15)10-11-17/h13H,2-12,15H2,1H3. The molecule has 1 amide bonds. The summed E-state index contributed by atoms with van der Waals surface area (Å²) >= 11 is 0. The van der Waals surface area contributed by atoms with Crippen molar-refractivity contribution in [3.63, 3.8) is 0 Å². The number of likely N-dealkylation sites (N-methyl/N-ethyl adjacent to an activating group) is 1. The molecule has 2 aliphatic rings. The van der Waals surface area contributed by atoms with E-state index in [0.29, 0.717) is 18.5 Å². The summed E-state index contributed by atoms with van der Waals surface area (Å²) in [6.45, 7) is 9.43. The lowest BCUT2D eigenvalue weighted by atomic mass is 10.3. The van der Waals surface area contributed by atoms with Crippen LogP contribution in [0.15, 0.2) is 0 Å². The highest BCUT2D eigenvalue weighted by Crippen LogP contribution is 2.26. The Morgan fingerprint density at radius 3 is 2.53 bits per heavy atom. The molecule has 1 saturated carbocycles. The van der Waals surface area contributed by atoms with Crippen LogP contribution in [-0.4, -0.2) is 79.0 Å². The molecule has 19 heavy (non-hydrogen) atoms. The van der Waals surface area contributed by atoms with E-state index in [4.69, 9.17) is 5.73 Å². The van der Waals surface area contributed by atoms with E-state index in [0.717, 1.165) is 52.2 Å². The van der Waals surface area contributed by atoms with Crippen molar-refractivity contribution >= 4 is 5.91 Å². The minimum Gasteiger partial charge on any atom is -0.339 e. The SMILES string of the molecule is CCN(C(=O)CN1CCCN(CCN)CC1)C1CC1. The predicted octanol–water partition coefficient (Wildman–Crippen LogP) is -0.0363. The Morgan fingerprint density at radius 2 is 1.89 bits per heavy atom. The lowest BCUT2D eigenvalue weighted by Gasteiger charge is -2.26. The fraction of sp³-hybridized carbons (Fsp3) is 0.929. The molecule has 2 fully saturated rings. The van der Waals surface area contributed by atoms with Gasteiger partial charge < -0.3 is 15.5 Å². The molecule has 5 nitrogen and oxygen atoms in total. The highest BCUT2D eigenvalue weighted by molar-refractivity contribution is 5.78. The number of rotatable bonds is 6. The Kier molecular flexibility index (Phi) is 5.60. The molecule has 5 heteroatoms. The minimum atomic E-state index is 0.317. The molecule has 0 aromatic heterocycles. The van der Waals surface area contributed by atoms with Crippen LogP contribution in [0.3, 0.4) is 0 Å². The van der Waals surface area contributed by atoms with Gasteiger partial charge in [-0.1, -0.05) is 0 Å². The van der Waals surface area contributed by atoms with Gasteiger partial charge in [-0.2, -0.15) is 0 Å². The number of carbonyl (C=O) groups excluding carboxylic acids is 1. The molecule has 0 aromatic carbocycles. The van der Waals surface area contributed by atoms with Crippen molar-refractivity contribution < 1.29 is 4.79 Å². The molecule has 2 N–H and O–H groups in total. The fourth-order valence-corrected chi connectivity index (χ4v) is 2.90. The second-order valence-corrected chi connectivity index (χ2v) is 5.67. The van der Waals surface area contributed by atoms with E-state index < -0.39 is 0 Å². The molecule has 0 unspecified atom stereocenters. The van der Waals surface area contributed by atoms with Gasteiger partial charge in [-0.25, -0.2) is 0 Å². The van der Waals surface area contributed by atoms with Crippen molar-refractivity contribution in [1.82, 2.24) is 14.7 Å². The highest BCUT2D eigenvalue weighted by atomic mass is 16.2. The summed E-state index contributed by atoms with van der Waals surface area (Å²) in [6, 6.07) is 0.540. The summed E-state index contributed by atoms with van der Waals surface area (Å²) in [4.78, 5) is 19.1.